The lowest BCUT2D eigenvalue weighted by Crippen LogP contribution is -2.21. The van der Waals surface area contributed by atoms with Crippen molar-refractivity contribution in [1.82, 2.24) is 4.90 Å². The van der Waals surface area contributed by atoms with Gasteiger partial charge in [-0.15, -0.1) is 12.4 Å². The average molecular weight is 178 g/mol. The van der Waals surface area contributed by atoms with Crippen molar-refractivity contribution in [2.45, 2.75) is 0 Å². The molecule has 0 radical (unpaired) electrons. The minimum Gasteiger partial charge on any atom is -0.481 e. The highest BCUT2D eigenvalue weighted by Crippen LogP contribution is 2.51. The molecule has 1 saturated heterocycles. The quantitative estimate of drug-likeness (QED) is 0.627. The first-order valence-electron chi connectivity index (χ1n) is 3.61. The van der Waals surface area contributed by atoms with Crippen molar-refractivity contribution in [2.75, 3.05) is 20.1 Å². The predicted molar refractivity (Wildman–Crippen MR) is 42.9 cm³/mol. The summed E-state index contributed by atoms with van der Waals surface area (Å²) < 4.78 is 0. The monoisotopic (exact) mass is 177 g/mol. The van der Waals surface area contributed by atoms with Crippen LogP contribution in [0.15, 0.2) is 0 Å². The Balaban J connectivity index is 0.000000605. The SMILES string of the molecule is CN1C[C@@H]2C(C(=O)O)[C@@H]2C1.Cl. The first kappa shape index (κ1) is 8.81. The van der Waals surface area contributed by atoms with Crippen LogP contribution in [0.3, 0.4) is 0 Å². The summed E-state index contributed by atoms with van der Waals surface area (Å²) in [6, 6.07) is 0. The molecule has 4 heteroatoms. The van der Waals surface area contributed by atoms with Crippen LogP contribution < -0.4 is 0 Å². The first-order chi connectivity index (χ1) is 4.70. The molecule has 2 fully saturated rings. The Hall–Kier alpha value is -0.280. The molecule has 3 atom stereocenters. The number of piperidine rings is 1. The molecule has 1 unspecified atom stereocenters. The van der Waals surface area contributed by atoms with E-state index in [9.17, 15) is 4.79 Å². The van der Waals surface area contributed by atoms with Crippen molar-refractivity contribution in [3.8, 4) is 0 Å². The Kier molecular flexibility index (Phi) is 2.12. The molecule has 1 aliphatic carbocycles. The molecular formula is C7H12ClNO2. The molecule has 0 spiro atoms. The summed E-state index contributed by atoms with van der Waals surface area (Å²) in [6.07, 6.45) is 0. The molecule has 2 rings (SSSR count). The van der Waals surface area contributed by atoms with Gasteiger partial charge in [0.2, 0.25) is 0 Å². The number of halogens is 1. The van der Waals surface area contributed by atoms with Crippen molar-refractivity contribution in [3.05, 3.63) is 0 Å². The zero-order valence-electron chi connectivity index (χ0n) is 6.36. The van der Waals surface area contributed by atoms with E-state index in [4.69, 9.17) is 5.11 Å². The molecular weight excluding hydrogens is 166 g/mol. The molecule has 11 heavy (non-hydrogen) atoms. The Labute approximate surface area is 71.8 Å². The van der Waals surface area contributed by atoms with Crippen LogP contribution in [0.4, 0.5) is 0 Å². The van der Waals surface area contributed by atoms with Gasteiger partial charge in [-0.3, -0.25) is 4.79 Å². The van der Waals surface area contributed by atoms with Crippen LogP contribution in [-0.4, -0.2) is 36.1 Å². The standard InChI is InChI=1S/C7H11NO2.ClH/c1-8-2-4-5(3-8)6(4)7(9)10;/h4-6H,2-3H2,1H3,(H,9,10);1H/t4-,5+,6?;. The molecule has 64 valence electrons. The van der Waals surface area contributed by atoms with E-state index in [1.54, 1.807) is 0 Å². The fourth-order valence-corrected chi connectivity index (χ4v) is 2.10. The molecule has 0 aromatic carbocycles. The van der Waals surface area contributed by atoms with Crippen LogP contribution >= 0.6 is 12.4 Å². The number of aliphatic carboxylic acids is 1. The van der Waals surface area contributed by atoms with Gasteiger partial charge in [0.25, 0.3) is 0 Å². The van der Waals surface area contributed by atoms with Gasteiger partial charge in [-0.1, -0.05) is 0 Å². The highest BCUT2D eigenvalue weighted by Gasteiger charge is 2.58. The van der Waals surface area contributed by atoms with Gasteiger partial charge >= 0.3 is 5.97 Å². The number of hydrogen-bond acceptors (Lipinski definition) is 2. The van der Waals surface area contributed by atoms with Gasteiger partial charge in [-0.2, -0.15) is 0 Å². The number of carboxylic acid groups (broad SMARTS) is 1. The predicted octanol–water partition coefficient (Wildman–Crippen LogP) is 0.300. The number of carboxylic acids is 1. The van der Waals surface area contributed by atoms with E-state index < -0.39 is 5.97 Å². The van der Waals surface area contributed by atoms with E-state index >= 15 is 0 Å². The van der Waals surface area contributed by atoms with E-state index in [1.165, 1.54) is 0 Å². The van der Waals surface area contributed by atoms with Crippen molar-refractivity contribution < 1.29 is 9.90 Å². The third-order valence-corrected chi connectivity index (χ3v) is 2.66. The third kappa shape index (κ3) is 1.23. The van der Waals surface area contributed by atoms with Crippen LogP contribution in [0.25, 0.3) is 0 Å². The molecule has 1 N–H and O–H groups in total. The molecule has 0 aromatic rings. The zero-order valence-corrected chi connectivity index (χ0v) is 7.17. The smallest absolute Gasteiger partial charge is 0.307 e. The summed E-state index contributed by atoms with van der Waals surface area (Å²) in [5.41, 5.74) is 0. The van der Waals surface area contributed by atoms with Gasteiger partial charge in [0.15, 0.2) is 0 Å². The van der Waals surface area contributed by atoms with Gasteiger partial charge in [0, 0.05) is 13.1 Å². The number of rotatable bonds is 1. The number of carbonyl (C=O) groups is 1. The van der Waals surface area contributed by atoms with Gasteiger partial charge in [0.1, 0.15) is 0 Å². The van der Waals surface area contributed by atoms with E-state index in [0.29, 0.717) is 11.8 Å². The summed E-state index contributed by atoms with van der Waals surface area (Å²) >= 11 is 0. The van der Waals surface area contributed by atoms with Gasteiger partial charge < -0.3 is 10.0 Å². The Morgan fingerprint density at radius 2 is 1.91 bits per heavy atom. The number of fused-ring (bicyclic) bond motifs is 1. The fourth-order valence-electron chi connectivity index (χ4n) is 2.10. The van der Waals surface area contributed by atoms with E-state index in [0.717, 1.165) is 13.1 Å². The van der Waals surface area contributed by atoms with Gasteiger partial charge in [-0.05, 0) is 18.9 Å². The highest BCUT2D eigenvalue weighted by atomic mass is 35.5. The topological polar surface area (TPSA) is 40.5 Å². The maximum absolute atomic E-state index is 10.5. The first-order valence-corrected chi connectivity index (χ1v) is 3.61. The minimum atomic E-state index is -0.594. The van der Waals surface area contributed by atoms with Crippen LogP contribution in [0.5, 0.6) is 0 Å². The third-order valence-electron chi connectivity index (χ3n) is 2.66. The van der Waals surface area contributed by atoms with Gasteiger partial charge in [0.05, 0.1) is 5.92 Å². The van der Waals surface area contributed by atoms with Crippen molar-refractivity contribution in [3.63, 3.8) is 0 Å². The number of nitrogens with zero attached hydrogens (tertiary/aromatic N) is 1. The maximum Gasteiger partial charge on any atom is 0.307 e. The lowest BCUT2D eigenvalue weighted by atomic mass is 10.3. The van der Waals surface area contributed by atoms with Crippen LogP contribution in [0.2, 0.25) is 0 Å². The van der Waals surface area contributed by atoms with Crippen LogP contribution in [-0.2, 0) is 4.79 Å². The van der Waals surface area contributed by atoms with Crippen LogP contribution in [0.1, 0.15) is 0 Å². The lowest BCUT2D eigenvalue weighted by molar-refractivity contribution is -0.139. The van der Waals surface area contributed by atoms with Crippen molar-refractivity contribution in [1.29, 1.82) is 0 Å². The molecule has 1 heterocycles. The zero-order chi connectivity index (χ0) is 7.30. The number of hydrogen-bond donors (Lipinski definition) is 1. The summed E-state index contributed by atoms with van der Waals surface area (Å²) in [5, 5.41) is 8.63. The van der Waals surface area contributed by atoms with Crippen molar-refractivity contribution in [2.24, 2.45) is 17.8 Å². The molecule has 0 aromatic heterocycles. The summed E-state index contributed by atoms with van der Waals surface area (Å²) in [6.45, 7) is 1.98. The second-order valence-corrected chi connectivity index (χ2v) is 3.41. The summed E-state index contributed by atoms with van der Waals surface area (Å²) in [7, 11) is 2.05. The molecule has 1 saturated carbocycles. The normalized spacial score (nSPS) is 41.0. The Morgan fingerprint density at radius 3 is 2.27 bits per heavy atom. The number of likely N-dealkylation sites (tertiary alicyclic amines) is 1. The summed E-state index contributed by atoms with van der Waals surface area (Å²) in [5.74, 6) is 0.351. The molecule has 2 aliphatic rings. The Morgan fingerprint density at radius 1 is 1.45 bits per heavy atom. The minimum absolute atomic E-state index is 0. The maximum atomic E-state index is 10.5. The van der Waals surface area contributed by atoms with Crippen LogP contribution in [0, 0.1) is 17.8 Å². The second-order valence-electron chi connectivity index (χ2n) is 3.41. The summed E-state index contributed by atoms with van der Waals surface area (Å²) in [4.78, 5) is 12.7. The molecule has 3 nitrogen and oxygen atoms in total. The highest BCUT2D eigenvalue weighted by molar-refractivity contribution is 5.85. The Bertz CT molecular complexity index is 173. The molecule has 0 amide bonds. The molecule has 0 bridgehead atoms. The lowest BCUT2D eigenvalue weighted by Gasteiger charge is -2.09. The van der Waals surface area contributed by atoms with E-state index in [-0.39, 0.29) is 18.3 Å². The second kappa shape index (κ2) is 2.64. The van der Waals surface area contributed by atoms with Crippen molar-refractivity contribution >= 4 is 18.4 Å². The van der Waals surface area contributed by atoms with E-state index in [2.05, 4.69) is 4.90 Å². The van der Waals surface area contributed by atoms with E-state index in [1.807, 2.05) is 7.05 Å². The fraction of sp³-hybridized carbons (Fsp3) is 0.857. The average Bonchev–Trinajstić information content (AvgIpc) is 2.32. The molecule has 1 aliphatic heterocycles. The van der Waals surface area contributed by atoms with Gasteiger partial charge in [-0.25, -0.2) is 0 Å². The largest absolute Gasteiger partial charge is 0.481 e.